The Morgan fingerprint density at radius 1 is 1.58 bits per heavy atom. The van der Waals surface area contributed by atoms with E-state index in [1.807, 2.05) is 4.90 Å². The predicted octanol–water partition coefficient (Wildman–Crippen LogP) is 1.56. The molecule has 1 aromatic rings. The highest BCUT2D eigenvalue weighted by molar-refractivity contribution is 6.32. The zero-order chi connectivity index (χ0) is 13.8. The van der Waals surface area contributed by atoms with Crippen molar-refractivity contribution in [1.29, 1.82) is 0 Å². The Kier molecular flexibility index (Phi) is 4.42. The number of nitrogens with one attached hydrogen (secondary N) is 1. The molecule has 0 bridgehead atoms. The third kappa shape index (κ3) is 2.89. The molecule has 0 spiro atoms. The van der Waals surface area contributed by atoms with Gasteiger partial charge in [-0.25, -0.2) is 9.97 Å². The van der Waals surface area contributed by atoms with Crippen molar-refractivity contribution < 1.29 is 9.53 Å². The van der Waals surface area contributed by atoms with E-state index in [2.05, 4.69) is 15.3 Å². The van der Waals surface area contributed by atoms with Crippen molar-refractivity contribution in [1.82, 2.24) is 9.97 Å². The topological polar surface area (TPSA) is 67.4 Å². The van der Waals surface area contributed by atoms with Gasteiger partial charge < -0.3 is 15.0 Å². The summed E-state index contributed by atoms with van der Waals surface area (Å²) in [7, 11) is 3.19. The fourth-order valence-corrected chi connectivity index (χ4v) is 2.56. The molecule has 0 aliphatic carbocycles. The van der Waals surface area contributed by atoms with E-state index in [4.69, 9.17) is 16.3 Å². The van der Waals surface area contributed by atoms with Gasteiger partial charge in [-0.2, -0.15) is 0 Å². The number of nitrogens with zero attached hydrogens (tertiary/aromatic N) is 3. The van der Waals surface area contributed by atoms with Crippen LogP contribution in [0.5, 0.6) is 0 Å². The summed E-state index contributed by atoms with van der Waals surface area (Å²) in [4.78, 5) is 21.9. The second kappa shape index (κ2) is 6.06. The number of ether oxygens (including phenoxy) is 1. The number of carbonyl (C=O) groups is 1. The predicted molar refractivity (Wildman–Crippen MR) is 73.5 cm³/mol. The van der Waals surface area contributed by atoms with Crippen LogP contribution in [0.3, 0.4) is 0 Å². The van der Waals surface area contributed by atoms with Gasteiger partial charge in [-0.15, -0.1) is 0 Å². The lowest BCUT2D eigenvalue weighted by Crippen LogP contribution is -2.40. The summed E-state index contributed by atoms with van der Waals surface area (Å²) in [5.74, 6) is 0.448. The lowest BCUT2D eigenvalue weighted by atomic mass is 9.98. The first-order valence-electron chi connectivity index (χ1n) is 6.18. The number of carbonyl (C=O) groups excluding carboxylic acids is 1. The van der Waals surface area contributed by atoms with Crippen LogP contribution in [0, 0.1) is 5.92 Å². The Morgan fingerprint density at radius 2 is 2.37 bits per heavy atom. The molecule has 0 amide bonds. The maximum atomic E-state index is 11.6. The van der Waals surface area contributed by atoms with Gasteiger partial charge in [0.05, 0.1) is 13.0 Å². The second-order valence-electron chi connectivity index (χ2n) is 4.42. The average molecular weight is 285 g/mol. The van der Waals surface area contributed by atoms with E-state index in [9.17, 15) is 4.79 Å². The van der Waals surface area contributed by atoms with Crippen molar-refractivity contribution in [2.24, 2.45) is 5.92 Å². The van der Waals surface area contributed by atoms with Crippen LogP contribution in [0.1, 0.15) is 12.8 Å². The van der Waals surface area contributed by atoms with Gasteiger partial charge in [-0.05, 0) is 12.8 Å². The molecule has 1 fully saturated rings. The minimum atomic E-state index is -0.170. The summed E-state index contributed by atoms with van der Waals surface area (Å²) in [6, 6.07) is 0. The number of halogens is 1. The number of anilines is 2. The quantitative estimate of drug-likeness (QED) is 0.671. The number of aromatic nitrogens is 2. The number of piperidine rings is 1. The van der Waals surface area contributed by atoms with E-state index >= 15 is 0 Å². The molecule has 7 heteroatoms. The van der Waals surface area contributed by atoms with Crippen molar-refractivity contribution in [3.8, 4) is 0 Å². The van der Waals surface area contributed by atoms with Crippen molar-refractivity contribution in [3.05, 3.63) is 11.5 Å². The SMILES string of the molecule is CNc1c(Cl)ncnc1N1CCC[C@@H](C(=O)OC)C1. The van der Waals surface area contributed by atoms with Gasteiger partial charge in [-0.3, -0.25) is 4.79 Å². The molecule has 1 saturated heterocycles. The lowest BCUT2D eigenvalue weighted by Gasteiger charge is -2.33. The van der Waals surface area contributed by atoms with Gasteiger partial charge in [0.15, 0.2) is 11.0 Å². The van der Waals surface area contributed by atoms with Crippen molar-refractivity contribution in [2.75, 3.05) is 37.5 Å². The first-order chi connectivity index (χ1) is 9.17. The first-order valence-corrected chi connectivity index (χ1v) is 6.56. The Hall–Kier alpha value is -1.56. The number of methoxy groups -OCH3 is 1. The molecule has 104 valence electrons. The standard InChI is InChI=1S/C12H17ClN4O2/c1-14-9-10(13)15-7-16-11(9)17-5-3-4-8(6-17)12(18)19-2/h7-8,14H,3-6H2,1-2H3/t8-/m1/s1. The van der Waals surface area contributed by atoms with E-state index in [1.54, 1.807) is 7.05 Å². The van der Waals surface area contributed by atoms with Crippen LogP contribution >= 0.6 is 11.6 Å². The monoisotopic (exact) mass is 284 g/mol. The Labute approximate surface area is 117 Å². The van der Waals surface area contributed by atoms with Gasteiger partial charge in [0.2, 0.25) is 0 Å². The average Bonchev–Trinajstić information content (AvgIpc) is 2.46. The van der Waals surface area contributed by atoms with Crippen LogP contribution in [-0.4, -0.2) is 43.2 Å². The molecule has 2 rings (SSSR count). The molecule has 6 nitrogen and oxygen atoms in total. The fourth-order valence-electron chi connectivity index (χ4n) is 2.34. The van der Waals surface area contributed by atoms with E-state index < -0.39 is 0 Å². The highest BCUT2D eigenvalue weighted by Gasteiger charge is 2.28. The van der Waals surface area contributed by atoms with Crippen LogP contribution in [0.2, 0.25) is 5.15 Å². The molecule has 1 atom stereocenters. The maximum absolute atomic E-state index is 11.6. The van der Waals surface area contributed by atoms with E-state index in [-0.39, 0.29) is 11.9 Å². The molecule has 1 N–H and O–H groups in total. The zero-order valence-electron chi connectivity index (χ0n) is 11.0. The van der Waals surface area contributed by atoms with Crippen LogP contribution in [-0.2, 0) is 9.53 Å². The number of hydrogen-bond acceptors (Lipinski definition) is 6. The van der Waals surface area contributed by atoms with Gasteiger partial charge in [0.25, 0.3) is 0 Å². The Morgan fingerprint density at radius 3 is 3.05 bits per heavy atom. The molecule has 1 aliphatic rings. The highest BCUT2D eigenvalue weighted by atomic mass is 35.5. The molecule has 1 aliphatic heterocycles. The molecule has 0 aromatic carbocycles. The zero-order valence-corrected chi connectivity index (χ0v) is 11.8. The Bertz CT molecular complexity index is 469. The Balaban J connectivity index is 2.22. The van der Waals surface area contributed by atoms with E-state index in [0.29, 0.717) is 17.4 Å². The van der Waals surface area contributed by atoms with E-state index in [1.165, 1.54) is 13.4 Å². The number of esters is 1. The molecule has 0 unspecified atom stereocenters. The van der Waals surface area contributed by atoms with Crippen LogP contribution < -0.4 is 10.2 Å². The summed E-state index contributed by atoms with van der Waals surface area (Å²) in [5.41, 5.74) is 0.690. The smallest absolute Gasteiger partial charge is 0.310 e. The highest BCUT2D eigenvalue weighted by Crippen LogP contribution is 2.31. The van der Waals surface area contributed by atoms with Crippen molar-refractivity contribution in [2.45, 2.75) is 12.8 Å². The molecule has 1 aromatic heterocycles. The van der Waals surface area contributed by atoms with Gasteiger partial charge in [0.1, 0.15) is 12.0 Å². The molecule has 0 radical (unpaired) electrons. The molecule has 2 heterocycles. The minimum Gasteiger partial charge on any atom is -0.469 e. The molecular formula is C12H17ClN4O2. The van der Waals surface area contributed by atoms with Gasteiger partial charge in [-0.1, -0.05) is 11.6 Å². The lowest BCUT2D eigenvalue weighted by molar-refractivity contribution is -0.145. The van der Waals surface area contributed by atoms with Gasteiger partial charge in [0, 0.05) is 20.1 Å². The molecule has 0 saturated carbocycles. The minimum absolute atomic E-state index is 0.114. The normalized spacial score (nSPS) is 19.1. The first kappa shape index (κ1) is 13.9. The maximum Gasteiger partial charge on any atom is 0.310 e. The fraction of sp³-hybridized carbons (Fsp3) is 0.583. The van der Waals surface area contributed by atoms with Crippen molar-refractivity contribution >= 4 is 29.1 Å². The molecule has 19 heavy (non-hydrogen) atoms. The van der Waals surface area contributed by atoms with Crippen molar-refractivity contribution in [3.63, 3.8) is 0 Å². The number of hydrogen-bond donors (Lipinski definition) is 1. The van der Waals surface area contributed by atoms with Gasteiger partial charge >= 0.3 is 5.97 Å². The summed E-state index contributed by atoms with van der Waals surface area (Å²) in [6.45, 7) is 1.43. The summed E-state index contributed by atoms with van der Waals surface area (Å²) < 4.78 is 4.81. The molecular weight excluding hydrogens is 268 g/mol. The number of rotatable bonds is 3. The van der Waals surface area contributed by atoms with Crippen LogP contribution in [0.25, 0.3) is 0 Å². The third-order valence-corrected chi connectivity index (χ3v) is 3.57. The summed E-state index contributed by atoms with van der Waals surface area (Å²) in [6.07, 6.45) is 3.20. The largest absolute Gasteiger partial charge is 0.469 e. The summed E-state index contributed by atoms with van der Waals surface area (Å²) in [5, 5.41) is 3.39. The second-order valence-corrected chi connectivity index (χ2v) is 4.78. The van der Waals surface area contributed by atoms with Crippen LogP contribution in [0.4, 0.5) is 11.5 Å². The van der Waals surface area contributed by atoms with E-state index in [0.717, 1.165) is 25.2 Å². The van der Waals surface area contributed by atoms with Crippen LogP contribution in [0.15, 0.2) is 6.33 Å². The third-order valence-electron chi connectivity index (χ3n) is 3.29. The summed E-state index contributed by atoms with van der Waals surface area (Å²) >= 11 is 6.04.